The molecule has 4 fully saturated rings. The fourth-order valence-electron chi connectivity index (χ4n) is 8.92. The lowest BCUT2D eigenvalue weighted by Crippen LogP contribution is -2.51. The summed E-state index contributed by atoms with van der Waals surface area (Å²) in [5.74, 6) is 3.54. The number of aliphatic hydroxyl groups is 1. The highest BCUT2D eigenvalue weighted by Crippen LogP contribution is 2.64. The minimum absolute atomic E-state index is 0.00813. The Morgan fingerprint density at radius 2 is 1.86 bits per heavy atom. The van der Waals surface area contributed by atoms with E-state index in [0.717, 1.165) is 50.4 Å². The molecule has 4 aliphatic rings. The van der Waals surface area contributed by atoms with Crippen LogP contribution in [0.1, 0.15) is 71.6 Å². The van der Waals surface area contributed by atoms with Crippen LogP contribution in [0.2, 0.25) is 0 Å². The number of hydrogen-bond donors (Lipinski definition) is 1. The second kappa shape index (κ2) is 8.11. The highest BCUT2D eigenvalue weighted by Gasteiger charge is 2.58. The average molecular weight is 483 g/mol. The first kappa shape index (κ1) is 23.1. The first-order valence-corrected chi connectivity index (χ1v) is 13.4. The monoisotopic (exact) mass is 482 g/mol. The van der Waals surface area contributed by atoms with Gasteiger partial charge in [-0.2, -0.15) is 14.5 Å². The van der Waals surface area contributed by atoms with Gasteiger partial charge in [0.15, 0.2) is 5.78 Å². The molecule has 2 aromatic rings. The minimum atomic E-state index is -0.487. The van der Waals surface area contributed by atoms with Crippen molar-refractivity contribution in [3.63, 3.8) is 0 Å². The van der Waals surface area contributed by atoms with Crippen LogP contribution in [0.3, 0.4) is 0 Å². The van der Waals surface area contributed by atoms with Gasteiger partial charge in [0.1, 0.15) is 12.2 Å². The summed E-state index contributed by atoms with van der Waals surface area (Å²) < 4.78 is 4.01. The van der Waals surface area contributed by atoms with Crippen molar-refractivity contribution >= 4 is 5.78 Å². The average Bonchev–Trinajstić information content (AvgIpc) is 3.49. The summed E-state index contributed by atoms with van der Waals surface area (Å²) in [6.07, 6.45) is 13.1. The predicted octanol–water partition coefficient (Wildman–Crippen LogP) is 2.75. The van der Waals surface area contributed by atoms with Crippen LogP contribution in [0.5, 0.6) is 0 Å². The fraction of sp³-hybridized carbons (Fsp3) is 0.808. The maximum atomic E-state index is 13.6. The van der Waals surface area contributed by atoms with Crippen molar-refractivity contribution in [1.29, 1.82) is 0 Å². The first-order chi connectivity index (χ1) is 16.7. The largest absolute Gasteiger partial charge is 0.390 e. The number of hydrogen-bond acceptors (Lipinski definition) is 6. The number of fused-ring (bicyclic) bond motifs is 5. The Hall–Kier alpha value is -2.29. The van der Waals surface area contributed by atoms with Gasteiger partial charge in [-0.1, -0.05) is 6.92 Å². The van der Waals surface area contributed by atoms with E-state index >= 15 is 0 Å². The third-order valence-corrected chi connectivity index (χ3v) is 10.5. The van der Waals surface area contributed by atoms with Crippen LogP contribution >= 0.6 is 0 Å². The second-order valence-corrected chi connectivity index (χ2v) is 12.5. The fourth-order valence-corrected chi connectivity index (χ4v) is 8.92. The Morgan fingerprint density at radius 3 is 2.63 bits per heavy atom. The van der Waals surface area contributed by atoms with Crippen LogP contribution in [0.25, 0.3) is 5.69 Å². The van der Waals surface area contributed by atoms with Crippen molar-refractivity contribution in [3.05, 3.63) is 22.9 Å². The Kier molecular flexibility index (Phi) is 5.36. The Morgan fingerprint density at radius 1 is 1.06 bits per heavy atom. The molecule has 0 aliphatic heterocycles. The summed E-state index contributed by atoms with van der Waals surface area (Å²) in [4.78, 5) is 26.4. The van der Waals surface area contributed by atoms with E-state index in [1.165, 1.54) is 28.6 Å². The molecule has 9 heteroatoms. The van der Waals surface area contributed by atoms with Crippen LogP contribution in [0, 0.1) is 40.9 Å². The zero-order valence-electron chi connectivity index (χ0n) is 21.1. The number of carbonyl (C=O) groups excluding carboxylic acids is 1. The van der Waals surface area contributed by atoms with Crippen molar-refractivity contribution in [1.82, 2.24) is 29.6 Å². The zero-order valence-corrected chi connectivity index (χ0v) is 21.1. The third kappa shape index (κ3) is 3.72. The van der Waals surface area contributed by atoms with Gasteiger partial charge in [-0.3, -0.25) is 9.48 Å². The predicted molar refractivity (Wildman–Crippen MR) is 129 cm³/mol. The minimum Gasteiger partial charge on any atom is -0.390 e. The molecule has 0 unspecified atom stereocenters. The highest BCUT2D eigenvalue weighted by atomic mass is 16.3. The number of rotatable bonds is 4. The lowest BCUT2D eigenvalue weighted by atomic mass is 9.49. The molecule has 4 saturated carbocycles. The Bertz CT molecular complexity index is 1180. The second-order valence-electron chi connectivity index (χ2n) is 12.5. The van der Waals surface area contributed by atoms with Crippen LogP contribution in [-0.4, -0.2) is 46.1 Å². The molecule has 0 saturated heterocycles. The molecule has 0 amide bonds. The van der Waals surface area contributed by atoms with Crippen molar-refractivity contribution < 1.29 is 9.90 Å². The molecule has 2 aromatic heterocycles. The van der Waals surface area contributed by atoms with Gasteiger partial charge in [-0.15, -0.1) is 0 Å². The molecule has 9 nitrogen and oxygen atoms in total. The van der Waals surface area contributed by atoms with E-state index in [4.69, 9.17) is 0 Å². The summed E-state index contributed by atoms with van der Waals surface area (Å²) in [5.41, 5.74) is -0.337. The van der Waals surface area contributed by atoms with Gasteiger partial charge in [0.05, 0.1) is 18.0 Å². The molecule has 0 bridgehead atoms. The van der Waals surface area contributed by atoms with Crippen LogP contribution in [-0.2, 0) is 18.4 Å². The highest BCUT2D eigenvalue weighted by molar-refractivity contribution is 5.82. The molecule has 0 radical (unpaired) electrons. The molecule has 35 heavy (non-hydrogen) atoms. The molecule has 6 rings (SSSR count). The maximum Gasteiger partial charge on any atom is 0.369 e. The molecule has 4 aliphatic carbocycles. The summed E-state index contributed by atoms with van der Waals surface area (Å²) in [5, 5.41) is 22.7. The standard InChI is InChI=1S/C26H38N6O3/c1-25(35)10-8-18-16(12-25)4-5-20-19(18)9-11-26(2)21(20)6-7-22(26)23(33)15-31-24(34)32(29-28-31)17-13-27-30(3)14-17/h13-14,16,18-22,35H,4-12,15H2,1-3H3/t16-,18+,19-,20-,21+,22-,25-,26+/m1/s1. The molecule has 1 N–H and O–H groups in total. The lowest BCUT2D eigenvalue weighted by Gasteiger charge is -2.56. The summed E-state index contributed by atoms with van der Waals surface area (Å²) in [7, 11) is 1.78. The van der Waals surface area contributed by atoms with Gasteiger partial charge in [0, 0.05) is 13.0 Å². The van der Waals surface area contributed by atoms with Crippen LogP contribution in [0.4, 0.5) is 0 Å². The summed E-state index contributed by atoms with van der Waals surface area (Å²) in [6, 6.07) is 0. The van der Waals surface area contributed by atoms with Crippen molar-refractivity contribution in [2.45, 2.75) is 83.8 Å². The van der Waals surface area contributed by atoms with Gasteiger partial charge < -0.3 is 5.11 Å². The van der Waals surface area contributed by atoms with Crippen molar-refractivity contribution in [3.8, 4) is 5.69 Å². The van der Waals surface area contributed by atoms with Gasteiger partial charge in [-0.25, -0.2) is 4.79 Å². The number of aromatic nitrogens is 6. The molecular formula is C26H38N6O3. The van der Waals surface area contributed by atoms with Gasteiger partial charge in [-0.05, 0) is 110 Å². The van der Waals surface area contributed by atoms with Gasteiger partial charge in [0.2, 0.25) is 0 Å². The van der Waals surface area contributed by atoms with Gasteiger partial charge in [0.25, 0.3) is 0 Å². The number of nitrogens with zero attached hydrogens (tertiary/aromatic N) is 6. The lowest BCUT2D eigenvalue weighted by molar-refractivity contribution is -0.133. The molecule has 8 atom stereocenters. The normalized spacial score (nSPS) is 40.7. The van der Waals surface area contributed by atoms with Crippen LogP contribution in [0.15, 0.2) is 17.2 Å². The van der Waals surface area contributed by atoms with Crippen LogP contribution < -0.4 is 5.69 Å². The molecule has 2 heterocycles. The SMILES string of the molecule is Cn1cc(-n2nnn(CC(=O)[C@H]3CC[C@H]4[C@@H]5CC[C@@H]6C[C@](C)(O)CC[C@@H]6[C@H]5CC[C@]34C)c2=O)cn1. The molecule has 0 aromatic carbocycles. The first-order valence-electron chi connectivity index (χ1n) is 13.4. The van der Waals surface area contributed by atoms with Crippen molar-refractivity contribution in [2.75, 3.05) is 0 Å². The van der Waals surface area contributed by atoms with Crippen molar-refractivity contribution in [2.24, 2.45) is 48.0 Å². The molecular weight excluding hydrogens is 444 g/mol. The third-order valence-electron chi connectivity index (χ3n) is 10.5. The number of aryl methyl sites for hydroxylation is 1. The maximum absolute atomic E-state index is 13.6. The quantitative estimate of drug-likeness (QED) is 0.718. The number of ketones is 1. The Labute approximate surface area is 205 Å². The molecule has 0 spiro atoms. The van der Waals surface area contributed by atoms with E-state index in [2.05, 4.69) is 22.4 Å². The van der Waals surface area contributed by atoms with E-state index in [0.29, 0.717) is 23.4 Å². The Balaban J connectivity index is 1.17. The summed E-state index contributed by atoms with van der Waals surface area (Å²) >= 11 is 0. The number of tetrazole rings is 1. The van der Waals surface area contributed by atoms with E-state index in [-0.39, 0.29) is 23.7 Å². The smallest absolute Gasteiger partial charge is 0.369 e. The number of Topliss-reactive ketones (excluding diaryl/α,β-unsaturated/α-hetero) is 1. The zero-order chi connectivity index (χ0) is 24.5. The topological polar surface area (TPSA) is 108 Å². The van der Waals surface area contributed by atoms with E-state index in [9.17, 15) is 14.7 Å². The molecule has 190 valence electrons. The number of carbonyl (C=O) groups is 1. The summed E-state index contributed by atoms with van der Waals surface area (Å²) in [6.45, 7) is 4.34. The van der Waals surface area contributed by atoms with E-state index < -0.39 is 11.3 Å². The van der Waals surface area contributed by atoms with E-state index in [1.807, 2.05) is 6.92 Å². The van der Waals surface area contributed by atoms with E-state index in [1.54, 1.807) is 24.1 Å². The van der Waals surface area contributed by atoms with Gasteiger partial charge >= 0.3 is 5.69 Å².